The second kappa shape index (κ2) is 8.36. The molecule has 0 spiro atoms. The molecule has 0 bridgehead atoms. The number of carboxylic acid groups (broad SMARTS) is 1. The first-order valence-electron chi connectivity index (χ1n) is 8.63. The maximum Gasteiger partial charge on any atom is 0.303 e. The number of nitrogens with zero attached hydrogens (tertiary/aromatic N) is 1. The third-order valence-corrected chi connectivity index (χ3v) is 6.02. The van der Waals surface area contributed by atoms with E-state index in [2.05, 4.69) is 0 Å². The fourth-order valence-electron chi connectivity index (χ4n) is 2.78. The number of rotatable bonds is 8. The van der Waals surface area contributed by atoms with Crippen molar-refractivity contribution in [1.29, 1.82) is 0 Å². The van der Waals surface area contributed by atoms with Crippen LogP contribution >= 0.6 is 0 Å². The van der Waals surface area contributed by atoms with E-state index in [1.54, 1.807) is 36.4 Å². The van der Waals surface area contributed by atoms with Crippen molar-refractivity contribution in [3.8, 4) is 0 Å². The summed E-state index contributed by atoms with van der Waals surface area (Å²) in [4.78, 5) is 11.1. The molecule has 0 saturated carbocycles. The lowest BCUT2D eigenvalue weighted by atomic mass is 10.0. The summed E-state index contributed by atoms with van der Waals surface area (Å²) >= 11 is 0. The van der Waals surface area contributed by atoms with Gasteiger partial charge >= 0.3 is 5.97 Å². The second-order valence-corrected chi connectivity index (χ2v) is 8.46. The van der Waals surface area contributed by atoms with E-state index < -0.39 is 16.0 Å². The van der Waals surface area contributed by atoms with E-state index in [0.29, 0.717) is 5.69 Å². The highest BCUT2D eigenvalue weighted by molar-refractivity contribution is 7.92. The predicted octanol–water partition coefficient (Wildman–Crippen LogP) is 4.18. The molecule has 26 heavy (non-hydrogen) atoms. The highest BCUT2D eigenvalue weighted by Crippen LogP contribution is 2.32. The quantitative estimate of drug-likeness (QED) is 0.751. The minimum atomic E-state index is -3.78. The van der Waals surface area contributed by atoms with Crippen molar-refractivity contribution in [2.75, 3.05) is 10.8 Å². The van der Waals surface area contributed by atoms with Crippen molar-refractivity contribution in [2.24, 2.45) is 0 Å². The number of hydrogen-bond donors (Lipinski definition) is 1. The van der Waals surface area contributed by atoms with E-state index in [0.717, 1.165) is 11.1 Å². The van der Waals surface area contributed by atoms with E-state index in [-0.39, 0.29) is 30.2 Å². The zero-order valence-electron chi connectivity index (χ0n) is 15.3. The first kappa shape index (κ1) is 20.0. The molecule has 2 aromatic carbocycles. The first-order chi connectivity index (χ1) is 12.2. The van der Waals surface area contributed by atoms with Gasteiger partial charge in [-0.15, -0.1) is 0 Å². The van der Waals surface area contributed by atoms with Crippen molar-refractivity contribution in [2.45, 2.75) is 44.4 Å². The maximum absolute atomic E-state index is 13.3. The number of anilines is 1. The molecule has 0 aromatic heterocycles. The van der Waals surface area contributed by atoms with Gasteiger partial charge in [-0.05, 0) is 43.0 Å². The molecule has 0 saturated heterocycles. The minimum Gasteiger partial charge on any atom is -0.481 e. The molecule has 0 radical (unpaired) electrons. The van der Waals surface area contributed by atoms with Crippen LogP contribution in [0.2, 0.25) is 0 Å². The summed E-state index contributed by atoms with van der Waals surface area (Å²) in [7, 11) is -3.78. The molecule has 2 rings (SSSR count). The number of carboxylic acids is 1. The molecule has 0 fully saturated rings. The van der Waals surface area contributed by atoms with Crippen molar-refractivity contribution < 1.29 is 18.3 Å². The van der Waals surface area contributed by atoms with Gasteiger partial charge in [0.25, 0.3) is 10.0 Å². The van der Waals surface area contributed by atoms with Crippen molar-refractivity contribution in [1.82, 2.24) is 0 Å². The van der Waals surface area contributed by atoms with E-state index >= 15 is 0 Å². The van der Waals surface area contributed by atoms with Gasteiger partial charge in [0, 0.05) is 13.0 Å². The van der Waals surface area contributed by atoms with E-state index in [4.69, 9.17) is 5.11 Å². The van der Waals surface area contributed by atoms with Crippen LogP contribution in [0.1, 0.15) is 43.7 Å². The molecule has 0 aliphatic heterocycles. The molecule has 0 atom stereocenters. The Morgan fingerprint density at radius 1 is 1.08 bits per heavy atom. The number of hydrogen-bond acceptors (Lipinski definition) is 3. The summed E-state index contributed by atoms with van der Waals surface area (Å²) in [6.45, 7) is 6.03. The molecule has 2 aromatic rings. The fourth-order valence-corrected chi connectivity index (χ4v) is 4.31. The van der Waals surface area contributed by atoms with Crippen molar-refractivity contribution in [3.05, 3.63) is 59.7 Å². The lowest BCUT2D eigenvalue weighted by Crippen LogP contribution is -2.33. The summed E-state index contributed by atoms with van der Waals surface area (Å²) < 4.78 is 27.9. The summed E-state index contributed by atoms with van der Waals surface area (Å²) in [5.41, 5.74) is 2.50. The van der Waals surface area contributed by atoms with E-state index in [9.17, 15) is 13.2 Å². The molecular formula is C20H25NO4S. The average Bonchev–Trinajstić information content (AvgIpc) is 2.58. The van der Waals surface area contributed by atoms with Gasteiger partial charge in [-0.3, -0.25) is 9.10 Å². The van der Waals surface area contributed by atoms with Gasteiger partial charge < -0.3 is 5.11 Å². The number of carbonyl (C=O) groups is 1. The highest BCUT2D eigenvalue weighted by Gasteiger charge is 2.27. The molecule has 0 unspecified atom stereocenters. The number of benzene rings is 2. The smallest absolute Gasteiger partial charge is 0.303 e. The van der Waals surface area contributed by atoms with E-state index in [1.165, 1.54) is 4.31 Å². The predicted molar refractivity (Wildman–Crippen MR) is 103 cm³/mol. The van der Waals surface area contributed by atoms with Crippen LogP contribution in [0.3, 0.4) is 0 Å². The van der Waals surface area contributed by atoms with Gasteiger partial charge in [0.1, 0.15) is 0 Å². The van der Waals surface area contributed by atoms with E-state index in [1.807, 2.05) is 32.9 Å². The molecule has 0 amide bonds. The van der Waals surface area contributed by atoms with Gasteiger partial charge in [-0.2, -0.15) is 0 Å². The number of sulfonamides is 1. The average molecular weight is 375 g/mol. The molecule has 0 heterocycles. The third-order valence-electron chi connectivity index (χ3n) is 4.19. The molecule has 0 aliphatic carbocycles. The van der Waals surface area contributed by atoms with Crippen LogP contribution < -0.4 is 4.31 Å². The Labute approximate surface area is 155 Å². The summed E-state index contributed by atoms with van der Waals surface area (Å²) in [5.74, 6) is -0.795. The zero-order chi connectivity index (χ0) is 19.3. The topological polar surface area (TPSA) is 74.7 Å². The Hall–Kier alpha value is -2.34. The van der Waals surface area contributed by atoms with Crippen molar-refractivity contribution in [3.63, 3.8) is 0 Å². The Morgan fingerprint density at radius 2 is 1.69 bits per heavy atom. The fraction of sp³-hybridized carbons (Fsp3) is 0.350. The van der Waals surface area contributed by atoms with Gasteiger partial charge in [0.15, 0.2) is 0 Å². The number of aryl methyl sites for hydroxylation is 1. The standard InChI is InChI=1S/C20H25NO4S/c1-15(2)18-7-4-5-8-19(18)21(14-6-9-20(22)23)26(24,25)17-12-10-16(3)11-13-17/h4-5,7-8,10-13,15H,6,9,14H2,1-3H3,(H,22,23). The van der Waals surface area contributed by atoms with Crippen molar-refractivity contribution >= 4 is 21.7 Å². The highest BCUT2D eigenvalue weighted by atomic mass is 32.2. The van der Waals surface area contributed by atoms with Crippen LogP contribution in [0.15, 0.2) is 53.4 Å². The largest absolute Gasteiger partial charge is 0.481 e. The maximum atomic E-state index is 13.3. The van der Waals surface area contributed by atoms with Crippen LogP contribution in [0.4, 0.5) is 5.69 Å². The molecule has 5 nitrogen and oxygen atoms in total. The SMILES string of the molecule is Cc1ccc(S(=O)(=O)N(CCCC(=O)O)c2ccccc2C(C)C)cc1. The van der Waals surface area contributed by atoms with Crippen LogP contribution in [-0.4, -0.2) is 26.0 Å². The number of aliphatic carboxylic acids is 1. The Bertz CT molecular complexity index is 858. The van der Waals surface area contributed by atoms with Crippen LogP contribution in [0, 0.1) is 6.92 Å². The minimum absolute atomic E-state index is 0.0796. The summed E-state index contributed by atoms with van der Waals surface area (Å²) in [6.07, 6.45) is 0.163. The lowest BCUT2D eigenvalue weighted by Gasteiger charge is -2.27. The third kappa shape index (κ3) is 4.64. The molecule has 140 valence electrons. The lowest BCUT2D eigenvalue weighted by molar-refractivity contribution is -0.137. The van der Waals surface area contributed by atoms with Gasteiger partial charge in [0.05, 0.1) is 10.6 Å². The molecule has 0 aliphatic rings. The molecule has 6 heteroatoms. The number of para-hydroxylation sites is 1. The Morgan fingerprint density at radius 3 is 2.27 bits per heavy atom. The molecule has 1 N–H and O–H groups in total. The van der Waals surface area contributed by atoms with Crippen LogP contribution in [0.25, 0.3) is 0 Å². The van der Waals surface area contributed by atoms with Gasteiger partial charge in [-0.25, -0.2) is 8.42 Å². The summed E-state index contributed by atoms with van der Waals surface area (Å²) in [6, 6.07) is 14.1. The Kier molecular flexibility index (Phi) is 6.42. The zero-order valence-corrected chi connectivity index (χ0v) is 16.2. The normalized spacial score (nSPS) is 11.5. The van der Waals surface area contributed by atoms with Gasteiger partial charge in [0.2, 0.25) is 0 Å². The molecular weight excluding hydrogens is 350 g/mol. The van der Waals surface area contributed by atoms with Gasteiger partial charge in [-0.1, -0.05) is 49.7 Å². The summed E-state index contributed by atoms with van der Waals surface area (Å²) in [5, 5.41) is 8.92. The monoisotopic (exact) mass is 375 g/mol. The second-order valence-electron chi connectivity index (χ2n) is 6.60. The Balaban J connectivity index is 2.50. The van der Waals surface area contributed by atoms with Crippen LogP contribution in [0.5, 0.6) is 0 Å². The first-order valence-corrected chi connectivity index (χ1v) is 10.1. The van der Waals surface area contributed by atoms with Crippen LogP contribution in [-0.2, 0) is 14.8 Å².